The van der Waals surface area contributed by atoms with E-state index < -0.39 is 0 Å². The molecule has 2 heterocycles. The van der Waals surface area contributed by atoms with Gasteiger partial charge in [-0.3, -0.25) is 0 Å². The van der Waals surface area contributed by atoms with Gasteiger partial charge in [0.05, 0.1) is 0 Å². The Bertz CT molecular complexity index is 176. The predicted molar refractivity (Wildman–Crippen MR) is 66.2 cm³/mol. The van der Waals surface area contributed by atoms with Crippen LogP contribution in [0, 0.1) is 0 Å². The maximum absolute atomic E-state index is 5.69. The molecule has 2 saturated heterocycles. The van der Waals surface area contributed by atoms with Crippen molar-refractivity contribution in [2.24, 2.45) is 0 Å². The third-order valence-corrected chi connectivity index (χ3v) is 3.70. The van der Waals surface area contributed by atoms with E-state index in [1.807, 2.05) is 0 Å². The van der Waals surface area contributed by atoms with Gasteiger partial charge < -0.3 is 4.74 Å². The third-order valence-electron chi connectivity index (χ3n) is 3.70. The van der Waals surface area contributed by atoms with Gasteiger partial charge in [-0.1, -0.05) is 51.4 Å². The monoisotopic (exact) mass is 242 g/mol. The van der Waals surface area contributed by atoms with Crippen molar-refractivity contribution in [2.75, 3.05) is 0 Å². The molecule has 2 aliphatic heterocycles. The maximum Gasteiger partial charge on any atom is 0.194 e. The van der Waals surface area contributed by atoms with Crippen LogP contribution in [0.1, 0.15) is 77.0 Å². The second-order valence-corrected chi connectivity index (χ2v) is 5.30. The van der Waals surface area contributed by atoms with E-state index in [0.29, 0.717) is 0 Å². The second kappa shape index (κ2) is 8.06. The zero-order valence-corrected chi connectivity index (χ0v) is 10.9. The normalized spacial score (nSPS) is 33.9. The van der Waals surface area contributed by atoms with Gasteiger partial charge in [-0.2, -0.15) is 0 Å². The lowest BCUT2D eigenvalue weighted by atomic mass is 10.1. The lowest BCUT2D eigenvalue weighted by molar-refractivity contribution is -0.298. The Hall–Kier alpha value is -0.120. The van der Waals surface area contributed by atoms with E-state index in [0.717, 1.165) is 12.8 Å². The topological polar surface area (TPSA) is 27.7 Å². The Morgan fingerprint density at radius 1 is 0.471 bits per heavy atom. The summed E-state index contributed by atoms with van der Waals surface area (Å²) < 4.78 is 5.69. The van der Waals surface area contributed by atoms with Gasteiger partial charge in [0.1, 0.15) is 0 Å². The lowest BCUT2D eigenvalue weighted by Crippen LogP contribution is -2.11. The van der Waals surface area contributed by atoms with Gasteiger partial charge in [0, 0.05) is 12.8 Å². The molecule has 0 saturated carbocycles. The fourth-order valence-corrected chi connectivity index (χ4v) is 2.61. The van der Waals surface area contributed by atoms with E-state index in [1.54, 1.807) is 0 Å². The van der Waals surface area contributed by atoms with Crippen LogP contribution in [0.5, 0.6) is 0 Å². The second-order valence-electron chi connectivity index (χ2n) is 5.30. The van der Waals surface area contributed by atoms with E-state index in [1.165, 1.54) is 64.2 Å². The Morgan fingerprint density at radius 3 is 1.24 bits per heavy atom. The highest BCUT2D eigenvalue weighted by molar-refractivity contribution is 4.56. The molecule has 3 nitrogen and oxygen atoms in total. The first-order valence-electron chi connectivity index (χ1n) is 7.43. The van der Waals surface area contributed by atoms with Gasteiger partial charge >= 0.3 is 0 Å². The molecule has 2 rings (SSSR count). The fourth-order valence-electron chi connectivity index (χ4n) is 2.61. The van der Waals surface area contributed by atoms with Gasteiger partial charge in [-0.05, 0) is 12.8 Å². The maximum atomic E-state index is 5.69. The first-order valence-corrected chi connectivity index (χ1v) is 7.43. The molecule has 0 aromatic rings. The Kier molecular flexibility index (Phi) is 6.32. The van der Waals surface area contributed by atoms with Crippen molar-refractivity contribution in [1.82, 2.24) is 0 Å². The zero-order chi connectivity index (χ0) is 11.8. The Balaban J connectivity index is 1.68. The van der Waals surface area contributed by atoms with Crippen LogP contribution in [0.2, 0.25) is 0 Å². The van der Waals surface area contributed by atoms with Crippen molar-refractivity contribution in [1.29, 1.82) is 0 Å². The predicted octanol–water partition coefficient (Wildman–Crippen LogP) is 4.31. The molecule has 0 aliphatic carbocycles. The quantitative estimate of drug-likeness (QED) is 0.592. The molecule has 0 aromatic heterocycles. The van der Waals surface area contributed by atoms with E-state index >= 15 is 0 Å². The molecular formula is C14H26O3. The summed E-state index contributed by atoms with van der Waals surface area (Å²) in [5.41, 5.74) is 0. The van der Waals surface area contributed by atoms with E-state index in [4.69, 9.17) is 14.5 Å². The van der Waals surface area contributed by atoms with Crippen LogP contribution in [-0.4, -0.2) is 12.6 Å². The SMILES string of the molecule is C1CCCCCC[C@H]2OO[C@@H](CCCCC1)O2. The average Bonchev–Trinajstić information content (AvgIpc) is 2.77. The van der Waals surface area contributed by atoms with E-state index in [2.05, 4.69) is 0 Å². The van der Waals surface area contributed by atoms with Crippen LogP contribution >= 0.6 is 0 Å². The molecule has 2 aliphatic rings. The summed E-state index contributed by atoms with van der Waals surface area (Å²) >= 11 is 0. The number of rotatable bonds is 0. The third kappa shape index (κ3) is 5.36. The molecule has 2 atom stereocenters. The summed E-state index contributed by atoms with van der Waals surface area (Å²) in [7, 11) is 0. The van der Waals surface area contributed by atoms with Gasteiger partial charge in [0.25, 0.3) is 0 Å². The number of hydrogen-bond acceptors (Lipinski definition) is 3. The molecule has 0 unspecified atom stereocenters. The molecule has 0 amide bonds. The highest BCUT2D eigenvalue weighted by Gasteiger charge is 2.26. The van der Waals surface area contributed by atoms with Crippen LogP contribution in [0.3, 0.4) is 0 Å². The van der Waals surface area contributed by atoms with Crippen molar-refractivity contribution in [2.45, 2.75) is 89.6 Å². The number of ether oxygens (including phenoxy) is 1. The zero-order valence-electron chi connectivity index (χ0n) is 10.9. The highest BCUT2D eigenvalue weighted by Crippen LogP contribution is 2.23. The molecule has 0 radical (unpaired) electrons. The number of hydrogen-bond donors (Lipinski definition) is 0. The van der Waals surface area contributed by atoms with Crippen LogP contribution in [0.4, 0.5) is 0 Å². The average molecular weight is 242 g/mol. The molecule has 0 aromatic carbocycles. The largest absolute Gasteiger partial charge is 0.318 e. The van der Waals surface area contributed by atoms with Crippen molar-refractivity contribution >= 4 is 0 Å². The molecular weight excluding hydrogens is 216 g/mol. The summed E-state index contributed by atoms with van der Waals surface area (Å²) in [6.45, 7) is 0. The molecule has 3 heteroatoms. The van der Waals surface area contributed by atoms with Crippen LogP contribution in [0.15, 0.2) is 0 Å². The van der Waals surface area contributed by atoms with Gasteiger partial charge in [-0.25, -0.2) is 9.78 Å². The van der Waals surface area contributed by atoms with Crippen molar-refractivity contribution in [3.63, 3.8) is 0 Å². The minimum atomic E-state index is -0.106. The standard InChI is InChI=1S/C14H26O3/c1-2-4-6-8-10-12-14-15-13(16-17-14)11-9-7-5-3-1/h13-14H,1-12H2/t13-,14+. The lowest BCUT2D eigenvalue weighted by Gasteiger charge is -2.07. The molecule has 0 N–H and O–H groups in total. The summed E-state index contributed by atoms with van der Waals surface area (Å²) in [5, 5.41) is 0. The molecule has 100 valence electrons. The summed E-state index contributed by atoms with van der Waals surface area (Å²) in [4.78, 5) is 10.4. The summed E-state index contributed by atoms with van der Waals surface area (Å²) in [6, 6.07) is 0. The molecule has 0 spiro atoms. The minimum absolute atomic E-state index is 0.106. The Labute approximate surface area is 105 Å². The minimum Gasteiger partial charge on any atom is -0.318 e. The number of fused-ring (bicyclic) bond motifs is 2. The van der Waals surface area contributed by atoms with Crippen LogP contribution in [0.25, 0.3) is 0 Å². The van der Waals surface area contributed by atoms with Gasteiger partial charge in [0.15, 0.2) is 12.6 Å². The van der Waals surface area contributed by atoms with Crippen molar-refractivity contribution in [3.05, 3.63) is 0 Å². The molecule has 17 heavy (non-hydrogen) atoms. The van der Waals surface area contributed by atoms with Crippen molar-refractivity contribution in [3.8, 4) is 0 Å². The van der Waals surface area contributed by atoms with Crippen LogP contribution < -0.4 is 0 Å². The van der Waals surface area contributed by atoms with E-state index in [-0.39, 0.29) is 12.6 Å². The summed E-state index contributed by atoms with van der Waals surface area (Å²) in [6.07, 6.45) is 15.1. The summed E-state index contributed by atoms with van der Waals surface area (Å²) in [5.74, 6) is 0. The molecule has 2 bridgehead atoms. The fraction of sp³-hybridized carbons (Fsp3) is 1.00. The smallest absolute Gasteiger partial charge is 0.194 e. The molecule has 2 fully saturated rings. The van der Waals surface area contributed by atoms with E-state index in [9.17, 15) is 0 Å². The first-order chi connectivity index (χ1) is 8.45. The van der Waals surface area contributed by atoms with Gasteiger partial charge in [-0.15, -0.1) is 0 Å². The van der Waals surface area contributed by atoms with Crippen molar-refractivity contribution < 1.29 is 14.5 Å². The first kappa shape index (κ1) is 13.3. The van der Waals surface area contributed by atoms with Gasteiger partial charge in [0.2, 0.25) is 0 Å². The van der Waals surface area contributed by atoms with Crippen LogP contribution in [-0.2, 0) is 14.5 Å². The Morgan fingerprint density at radius 2 is 0.824 bits per heavy atom. The highest BCUT2D eigenvalue weighted by atomic mass is 17.3.